The zero-order valence-electron chi connectivity index (χ0n) is 15.5. The fraction of sp³-hybridized carbons (Fsp3) is 0.500. The second kappa shape index (κ2) is 7.40. The molecule has 0 bridgehead atoms. The molecule has 1 aromatic rings. The van der Waals surface area contributed by atoms with E-state index >= 15 is 0 Å². The van der Waals surface area contributed by atoms with Gasteiger partial charge in [-0.25, -0.2) is 0 Å². The highest BCUT2D eigenvalue weighted by atomic mass is 16.5. The van der Waals surface area contributed by atoms with E-state index < -0.39 is 5.41 Å². The van der Waals surface area contributed by atoms with Crippen LogP contribution in [0.25, 0.3) is 0 Å². The van der Waals surface area contributed by atoms with Gasteiger partial charge in [0.25, 0.3) is 0 Å². The van der Waals surface area contributed by atoms with Gasteiger partial charge in [0.2, 0.25) is 5.91 Å². The molecule has 0 saturated carbocycles. The van der Waals surface area contributed by atoms with Crippen LogP contribution in [0.15, 0.2) is 30.0 Å². The van der Waals surface area contributed by atoms with Crippen molar-refractivity contribution in [1.82, 2.24) is 4.90 Å². The summed E-state index contributed by atoms with van der Waals surface area (Å²) < 4.78 is 16.0. The zero-order chi connectivity index (χ0) is 18.7. The molecule has 1 fully saturated rings. The van der Waals surface area contributed by atoms with Crippen LogP contribution in [0, 0.1) is 5.41 Å². The van der Waals surface area contributed by atoms with E-state index in [0.29, 0.717) is 43.9 Å². The summed E-state index contributed by atoms with van der Waals surface area (Å²) in [5, 5.41) is 0. The second-order valence-electron chi connectivity index (χ2n) is 6.60. The van der Waals surface area contributed by atoms with Crippen molar-refractivity contribution in [3.8, 4) is 11.5 Å². The van der Waals surface area contributed by atoms with Crippen molar-refractivity contribution in [2.75, 3.05) is 20.8 Å². The number of hydrogen-bond acceptors (Lipinski definition) is 5. The lowest BCUT2D eigenvalue weighted by Gasteiger charge is -2.40. The Morgan fingerprint density at radius 1 is 1.19 bits per heavy atom. The van der Waals surface area contributed by atoms with Crippen LogP contribution in [0.1, 0.15) is 38.2 Å². The molecule has 6 heteroatoms. The summed E-state index contributed by atoms with van der Waals surface area (Å²) in [6.07, 6.45) is 4.37. The number of piperidine rings is 1. The van der Waals surface area contributed by atoms with Gasteiger partial charge in [0.1, 0.15) is 5.41 Å². The first-order chi connectivity index (χ1) is 12.6. The Hall–Kier alpha value is -2.50. The first-order valence-corrected chi connectivity index (χ1v) is 8.95. The predicted molar refractivity (Wildman–Crippen MR) is 95.7 cm³/mol. The van der Waals surface area contributed by atoms with Crippen molar-refractivity contribution in [1.29, 1.82) is 0 Å². The summed E-state index contributed by atoms with van der Waals surface area (Å²) in [6.45, 7) is 2.55. The average Bonchev–Trinajstić information content (AvgIpc) is 3.10. The molecule has 1 atom stereocenters. The molecule has 6 nitrogen and oxygen atoms in total. The molecule has 0 spiro atoms. The molecule has 3 rings (SSSR count). The lowest BCUT2D eigenvalue weighted by molar-refractivity contribution is -0.157. The Morgan fingerprint density at radius 2 is 1.96 bits per heavy atom. The maximum Gasteiger partial charge on any atom is 0.318 e. The number of ether oxygens (including phenoxy) is 3. The first kappa shape index (κ1) is 18.3. The van der Waals surface area contributed by atoms with Crippen LogP contribution < -0.4 is 9.47 Å². The van der Waals surface area contributed by atoms with E-state index in [4.69, 9.17) is 14.2 Å². The van der Waals surface area contributed by atoms with Gasteiger partial charge in [-0.15, -0.1) is 0 Å². The topological polar surface area (TPSA) is 65.1 Å². The SMILES string of the molecule is CCOC(=O)[C@]12CCC=C1N(Cc1ccc(OC)c(OC)c1)C(=O)CC2. The molecule has 1 saturated heterocycles. The van der Waals surface area contributed by atoms with E-state index in [1.807, 2.05) is 31.2 Å². The van der Waals surface area contributed by atoms with Crippen molar-refractivity contribution in [3.63, 3.8) is 0 Å². The number of nitrogens with zero attached hydrogens (tertiary/aromatic N) is 1. The highest BCUT2D eigenvalue weighted by molar-refractivity contribution is 5.88. The normalized spacial score (nSPS) is 21.9. The molecule has 26 heavy (non-hydrogen) atoms. The summed E-state index contributed by atoms with van der Waals surface area (Å²) in [6, 6.07) is 5.59. The second-order valence-corrected chi connectivity index (χ2v) is 6.60. The van der Waals surface area contributed by atoms with Gasteiger partial charge in [-0.1, -0.05) is 12.1 Å². The van der Waals surface area contributed by atoms with Gasteiger partial charge in [-0.05, 0) is 43.9 Å². The van der Waals surface area contributed by atoms with Crippen molar-refractivity contribution >= 4 is 11.9 Å². The lowest BCUT2D eigenvalue weighted by Crippen LogP contribution is -2.47. The maximum absolute atomic E-state index is 12.7. The third kappa shape index (κ3) is 3.04. The van der Waals surface area contributed by atoms with Gasteiger partial charge in [0, 0.05) is 12.1 Å². The number of carbonyl (C=O) groups is 2. The Labute approximate surface area is 153 Å². The smallest absolute Gasteiger partial charge is 0.318 e. The van der Waals surface area contributed by atoms with E-state index in [1.165, 1.54) is 0 Å². The fourth-order valence-electron chi connectivity index (χ4n) is 3.90. The largest absolute Gasteiger partial charge is 0.493 e. The molecular formula is C20H25NO5. The molecule has 1 amide bonds. The Kier molecular flexibility index (Phi) is 5.20. The number of allylic oxidation sites excluding steroid dienone is 1. The van der Waals surface area contributed by atoms with Gasteiger partial charge in [-0.2, -0.15) is 0 Å². The fourth-order valence-corrected chi connectivity index (χ4v) is 3.90. The molecule has 1 heterocycles. The number of rotatable bonds is 6. The minimum Gasteiger partial charge on any atom is -0.493 e. The van der Waals surface area contributed by atoms with Gasteiger partial charge in [0.05, 0.1) is 27.4 Å². The number of hydrogen-bond donors (Lipinski definition) is 0. The molecule has 140 valence electrons. The Bertz CT molecular complexity index is 742. The van der Waals surface area contributed by atoms with Crippen molar-refractivity contribution in [2.24, 2.45) is 5.41 Å². The van der Waals surface area contributed by atoms with E-state index in [1.54, 1.807) is 19.1 Å². The minimum atomic E-state index is -0.680. The molecular weight excluding hydrogens is 334 g/mol. The van der Waals surface area contributed by atoms with Crippen LogP contribution in [0.4, 0.5) is 0 Å². The van der Waals surface area contributed by atoms with Gasteiger partial charge in [-0.3, -0.25) is 9.59 Å². The highest BCUT2D eigenvalue weighted by Gasteiger charge is 2.51. The number of likely N-dealkylation sites (tertiary alicyclic amines) is 1. The first-order valence-electron chi connectivity index (χ1n) is 8.95. The lowest BCUT2D eigenvalue weighted by atomic mass is 9.76. The molecule has 0 N–H and O–H groups in total. The number of carbonyl (C=O) groups excluding carboxylic acids is 2. The number of esters is 1. The Balaban J connectivity index is 1.89. The van der Waals surface area contributed by atoms with Crippen LogP contribution in [0.2, 0.25) is 0 Å². The molecule has 0 radical (unpaired) electrons. The van der Waals surface area contributed by atoms with Gasteiger partial charge < -0.3 is 19.1 Å². The molecule has 0 unspecified atom stereocenters. The third-order valence-corrected chi connectivity index (χ3v) is 5.21. The van der Waals surface area contributed by atoms with Gasteiger partial charge >= 0.3 is 5.97 Å². The number of benzene rings is 1. The summed E-state index contributed by atoms with van der Waals surface area (Å²) in [4.78, 5) is 27.0. The van der Waals surface area contributed by atoms with Crippen molar-refractivity contribution in [2.45, 2.75) is 39.2 Å². The molecule has 0 aromatic heterocycles. The van der Waals surface area contributed by atoms with Crippen LogP contribution >= 0.6 is 0 Å². The number of fused-ring (bicyclic) bond motifs is 1. The predicted octanol–water partition coefficient (Wildman–Crippen LogP) is 3.05. The maximum atomic E-state index is 12.7. The summed E-state index contributed by atoms with van der Waals surface area (Å²) in [5.74, 6) is 1.08. The van der Waals surface area contributed by atoms with E-state index in [-0.39, 0.29) is 11.9 Å². The third-order valence-electron chi connectivity index (χ3n) is 5.21. The summed E-state index contributed by atoms with van der Waals surface area (Å²) in [7, 11) is 3.17. The van der Waals surface area contributed by atoms with Crippen molar-refractivity contribution in [3.05, 3.63) is 35.5 Å². The number of methoxy groups -OCH3 is 2. The van der Waals surface area contributed by atoms with E-state index in [0.717, 1.165) is 17.7 Å². The molecule has 1 aliphatic carbocycles. The van der Waals surface area contributed by atoms with Crippen LogP contribution in [0.5, 0.6) is 11.5 Å². The van der Waals surface area contributed by atoms with Crippen molar-refractivity contribution < 1.29 is 23.8 Å². The van der Waals surface area contributed by atoms with E-state index in [2.05, 4.69) is 0 Å². The number of amides is 1. The zero-order valence-corrected chi connectivity index (χ0v) is 15.5. The van der Waals surface area contributed by atoms with Crippen LogP contribution in [-0.4, -0.2) is 37.6 Å². The summed E-state index contributed by atoms with van der Waals surface area (Å²) >= 11 is 0. The van der Waals surface area contributed by atoms with Crippen LogP contribution in [-0.2, 0) is 20.9 Å². The molecule has 2 aliphatic rings. The molecule has 1 aliphatic heterocycles. The monoisotopic (exact) mass is 359 g/mol. The molecule has 1 aromatic carbocycles. The summed E-state index contributed by atoms with van der Waals surface area (Å²) in [5.41, 5.74) is 1.03. The minimum absolute atomic E-state index is 0.0351. The standard InChI is InChI=1S/C20H25NO5/c1-4-26-19(23)20-10-5-6-17(20)21(18(22)9-11-20)13-14-7-8-15(24-2)16(12-14)25-3/h6-8,12H,4-5,9-11,13H2,1-3H3/t20-/m0/s1. The Morgan fingerprint density at radius 3 is 2.65 bits per heavy atom. The van der Waals surface area contributed by atoms with E-state index in [9.17, 15) is 9.59 Å². The van der Waals surface area contributed by atoms with Crippen LogP contribution in [0.3, 0.4) is 0 Å². The highest BCUT2D eigenvalue weighted by Crippen LogP contribution is 2.49. The van der Waals surface area contributed by atoms with Gasteiger partial charge in [0.15, 0.2) is 11.5 Å². The average molecular weight is 359 g/mol. The quantitative estimate of drug-likeness (QED) is 0.731.